The molecule has 1 aromatic carbocycles. The fourth-order valence-electron chi connectivity index (χ4n) is 2.15. The Labute approximate surface area is 133 Å². The van der Waals surface area contributed by atoms with Crippen LogP contribution >= 0.6 is 0 Å². The van der Waals surface area contributed by atoms with Crippen molar-refractivity contribution in [2.45, 2.75) is 26.4 Å². The average Bonchev–Trinajstić information content (AvgIpc) is 2.92. The highest BCUT2D eigenvalue weighted by Crippen LogP contribution is 2.23. The second-order valence-corrected chi connectivity index (χ2v) is 5.64. The number of aliphatic hydroxyl groups is 1. The summed E-state index contributed by atoms with van der Waals surface area (Å²) in [6.07, 6.45) is 0. The number of hydrogen-bond donors (Lipinski definition) is 2. The molecule has 2 aromatic rings. The van der Waals surface area contributed by atoms with Crippen molar-refractivity contribution in [1.29, 1.82) is 0 Å². The molecule has 0 aliphatic rings. The quantitative estimate of drug-likeness (QED) is 0.650. The van der Waals surface area contributed by atoms with Gasteiger partial charge in [-0.1, -0.05) is 6.07 Å². The van der Waals surface area contributed by atoms with Gasteiger partial charge in [0.15, 0.2) is 0 Å². The largest absolute Gasteiger partial charge is 0.463 e. The van der Waals surface area contributed by atoms with Crippen LogP contribution in [0, 0.1) is 24.0 Å². The predicted molar refractivity (Wildman–Crippen MR) is 83.2 cm³/mol. The summed E-state index contributed by atoms with van der Waals surface area (Å²) in [5.74, 6) is 0.332. The van der Waals surface area contributed by atoms with Crippen LogP contribution in [0.2, 0.25) is 0 Å². The molecule has 2 rings (SSSR count). The lowest BCUT2D eigenvalue weighted by Gasteiger charge is -2.21. The number of furan rings is 1. The van der Waals surface area contributed by atoms with E-state index in [0.717, 1.165) is 5.56 Å². The van der Waals surface area contributed by atoms with Crippen LogP contribution in [0.25, 0.3) is 0 Å². The summed E-state index contributed by atoms with van der Waals surface area (Å²) in [6.45, 7) is 4.84. The molecule has 7 heteroatoms. The topological polar surface area (TPSA) is 106 Å². The lowest BCUT2D eigenvalue weighted by atomic mass is 10.0. The molecule has 2 N–H and O–H groups in total. The van der Waals surface area contributed by atoms with E-state index in [1.54, 1.807) is 32.0 Å². The van der Waals surface area contributed by atoms with Gasteiger partial charge < -0.3 is 14.8 Å². The second-order valence-electron chi connectivity index (χ2n) is 5.64. The van der Waals surface area contributed by atoms with Gasteiger partial charge in [0, 0.05) is 6.07 Å². The van der Waals surface area contributed by atoms with Crippen molar-refractivity contribution < 1.29 is 19.2 Å². The Kier molecular flexibility index (Phi) is 4.51. The van der Waals surface area contributed by atoms with E-state index in [1.807, 2.05) is 0 Å². The van der Waals surface area contributed by atoms with Crippen LogP contribution in [0.4, 0.5) is 5.69 Å². The normalized spacial score (nSPS) is 13.4. The van der Waals surface area contributed by atoms with E-state index in [1.165, 1.54) is 19.1 Å². The number of amides is 1. The summed E-state index contributed by atoms with van der Waals surface area (Å²) in [4.78, 5) is 22.7. The highest BCUT2D eigenvalue weighted by Gasteiger charge is 2.29. The van der Waals surface area contributed by atoms with Crippen LogP contribution in [0.15, 0.2) is 34.7 Å². The molecule has 1 unspecified atom stereocenters. The van der Waals surface area contributed by atoms with Crippen molar-refractivity contribution in [2.24, 2.45) is 0 Å². The Hall–Kier alpha value is -2.67. The summed E-state index contributed by atoms with van der Waals surface area (Å²) < 4.78 is 5.36. The van der Waals surface area contributed by atoms with Crippen LogP contribution in [-0.2, 0) is 5.60 Å². The molecule has 1 atom stereocenters. The number of rotatable bonds is 5. The fraction of sp³-hybridized carbons (Fsp3) is 0.312. The Balaban J connectivity index is 2.17. The predicted octanol–water partition coefficient (Wildman–Crippen LogP) is 2.44. The fourth-order valence-corrected chi connectivity index (χ4v) is 2.15. The standard InChI is InChI=1S/C16H18N2O5/c1-10-4-6-13(18(21)22)12(8-10)15(19)17-9-16(3,20)14-7-5-11(2)23-14/h4-8,20H,9H2,1-3H3,(H,17,19). The first-order chi connectivity index (χ1) is 10.7. The summed E-state index contributed by atoms with van der Waals surface area (Å²) in [5.41, 5.74) is -1.00. The molecule has 1 heterocycles. The molecule has 0 aliphatic heterocycles. The highest BCUT2D eigenvalue weighted by atomic mass is 16.6. The molecule has 1 aromatic heterocycles. The molecular weight excluding hydrogens is 300 g/mol. The van der Waals surface area contributed by atoms with Gasteiger partial charge in [-0.3, -0.25) is 14.9 Å². The first-order valence-electron chi connectivity index (χ1n) is 7.03. The maximum atomic E-state index is 12.2. The summed E-state index contributed by atoms with van der Waals surface area (Å²) in [7, 11) is 0. The molecule has 0 bridgehead atoms. The molecule has 1 amide bonds. The number of carbonyl (C=O) groups excluding carboxylic acids is 1. The third-order valence-electron chi connectivity index (χ3n) is 3.46. The SMILES string of the molecule is Cc1ccc([N+](=O)[O-])c(C(=O)NCC(C)(O)c2ccc(C)o2)c1. The summed E-state index contributed by atoms with van der Waals surface area (Å²) in [5, 5.41) is 23.9. The average molecular weight is 318 g/mol. The Morgan fingerprint density at radius 1 is 1.35 bits per heavy atom. The monoisotopic (exact) mass is 318 g/mol. The highest BCUT2D eigenvalue weighted by molar-refractivity contribution is 5.98. The summed E-state index contributed by atoms with van der Waals surface area (Å²) in [6, 6.07) is 7.63. The van der Waals surface area contributed by atoms with E-state index in [2.05, 4.69) is 5.32 Å². The minimum absolute atomic E-state index is 0.0403. The third-order valence-corrected chi connectivity index (χ3v) is 3.46. The lowest BCUT2D eigenvalue weighted by Crippen LogP contribution is -2.38. The van der Waals surface area contributed by atoms with Gasteiger partial charge in [-0.15, -0.1) is 0 Å². The van der Waals surface area contributed by atoms with Crippen LogP contribution in [0.3, 0.4) is 0 Å². The number of nitro benzene ring substituents is 1. The number of nitrogens with one attached hydrogen (secondary N) is 1. The number of nitro groups is 1. The van der Waals surface area contributed by atoms with Gasteiger partial charge >= 0.3 is 0 Å². The zero-order chi connectivity index (χ0) is 17.2. The Morgan fingerprint density at radius 2 is 2.04 bits per heavy atom. The molecule has 122 valence electrons. The molecule has 23 heavy (non-hydrogen) atoms. The van der Waals surface area contributed by atoms with E-state index >= 15 is 0 Å². The van der Waals surface area contributed by atoms with E-state index in [-0.39, 0.29) is 17.8 Å². The molecule has 0 saturated carbocycles. The van der Waals surface area contributed by atoms with Crippen molar-refractivity contribution in [3.05, 3.63) is 63.1 Å². The van der Waals surface area contributed by atoms with Crippen LogP contribution in [0.1, 0.15) is 34.4 Å². The minimum Gasteiger partial charge on any atom is -0.463 e. The Bertz CT molecular complexity index is 749. The van der Waals surface area contributed by atoms with Crippen molar-refractivity contribution in [1.82, 2.24) is 5.32 Å². The molecule has 0 fully saturated rings. The van der Waals surface area contributed by atoms with E-state index < -0.39 is 16.4 Å². The third kappa shape index (κ3) is 3.75. The van der Waals surface area contributed by atoms with Crippen molar-refractivity contribution in [3.63, 3.8) is 0 Å². The first-order valence-corrected chi connectivity index (χ1v) is 7.03. The van der Waals surface area contributed by atoms with Crippen LogP contribution in [0.5, 0.6) is 0 Å². The maximum absolute atomic E-state index is 12.2. The molecule has 0 saturated heterocycles. The van der Waals surface area contributed by atoms with E-state index in [4.69, 9.17) is 4.42 Å². The number of carbonyl (C=O) groups is 1. The van der Waals surface area contributed by atoms with Gasteiger partial charge in [0.2, 0.25) is 0 Å². The first kappa shape index (κ1) is 16.7. The number of aryl methyl sites for hydroxylation is 2. The van der Waals surface area contributed by atoms with Gasteiger partial charge in [-0.25, -0.2) is 0 Å². The zero-order valence-corrected chi connectivity index (χ0v) is 13.1. The maximum Gasteiger partial charge on any atom is 0.282 e. The van der Waals surface area contributed by atoms with Gasteiger partial charge in [0.05, 0.1) is 11.5 Å². The van der Waals surface area contributed by atoms with Crippen molar-refractivity contribution in [3.8, 4) is 0 Å². The van der Waals surface area contributed by atoms with Gasteiger partial charge in [-0.2, -0.15) is 0 Å². The lowest BCUT2D eigenvalue weighted by molar-refractivity contribution is -0.385. The van der Waals surface area contributed by atoms with Gasteiger partial charge in [0.25, 0.3) is 11.6 Å². The molecular formula is C16H18N2O5. The second kappa shape index (κ2) is 6.21. The van der Waals surface area contributed by atoms with Crippen LogP contribution < -0.4 is 5.32 Å². The number of benzene rings is 1. The summed E-state index contributed by atoms with van der Waals surface area (Å²) >= 11 is 0. The molecule has 0 radical (unpaired) electrons. The van der Waals surface area contributed by atoms with Gasteiger partial charge in [0.1, 0.15) is 22.7 Å². The molecule has 0 aliphatic carbocycles. The molecule has 7 nitrogen and oxygen atoms in total. The van der Waals surface area contributed by atoms with E-state index in [0.29, 0.717) is 11.5 Å². The number of hydrogen-bond acceptors (Lipinski definition) is 5. The van der Waals surface area contributed by atoms with E-state index in [9.17, 15) is 20.0 Å². The van der Waals surface area contributed by atoms with Crippen molar-refractivity contribution >= 4 is 11.6 Å². The van der Waals surface area contributed by atoms with Crippen LogP contribution in [-0.4, -0.2) is 22.5 Å². The van der Waals surface area contributed by atoms with Crippen molar-refractivity contribution in [2.75, 3.05) is 6.54 Å². The Morgan fingerprint density at radius 3 is 2.61 bits per heavy atom. The van der Waals surface area contributed by atoms with Gasteiger partial charge in [-0.05, 0) is 44.5 Å². The minimum atomic E-state index is -1.41. The molecule has 0 spiro atoms. The zero-order valence-electron chi connectivity index (χ0n) is 13.1. The smallest absolute Gasteiger partial charge is 0.282 e. The number of nitrogens with zero attached hydrogens (tertiary/aromatic N) is 1.